The van der Waals surface area contributed by atoms with Crippen molar-refractivity contribution in [3.8, 4) is 5.75 Å². The van der Waals surface area contributed by atoms with Gasteiger partial charge in [-0.3, -0.25) is 14.9 Å². The minimum Gasteiger partial charge on any atom is -0.494 e. The summed E-state index contributed by atoms with van der Waals surface area (Å²) in [6.45, 7) is 3.58. The fraction of sp³-hybridized carbons (Fsp3) is 0.278. The molecule has 1 N–H and O–H groups in total. The molecule has 0 radical (unpaired) electrons. The number of likely N-dealkylation sites (N-methyl/N-ethyl adjacent to an activating group) is 1. The van der Waals surface area contributed by atoms with Crippen molar-refractivity contribution in [1.82, 2.24) is 4.31 Å². The average molecular weight is 407 g/mol. The molecule has 9 nitrogen and oxygen atoms in total. The van der Waals surface area contributed by atoms with E-state index in [4.69, 9.17) is 4.74 Å². The lowest BCUT2D eigenvalue weighted by molar-refractivity contribution is -0.384. The SMILES string of the molecule is CCOc1ccc(S(=O)(=O)N(C)CC(=O)Nc2cccc([N+](=O)[O-])c2)cc1C. The highest BCUT2D eigenvalue weighted by Gasteiger charge is 2.24. The lowest BCUT2D eigenvalue weighted by atomic mass is 10.2. The number of nitrogens with zero attached hydrogens (tertiary/aromatic N) is 2. The molecule has 1 amide bonds. The van der Waals surface area contributed by atoms with E-state index in [0.29, 0.717) is 17.9 Å². The van der Waals surface area contributed by atoms with Crippen LogP contribution in [-0.2, 0) is 14.8 Å². The summed E-state index contributed by atoms with van der Waals surface area (Å²) in [6, 6.07) is 9.87. The van der Waals surface area contributed by atoms with Crippen LogP contribution in [0.1, 0.15) is 12.5 Å². The molecule has 2 aromatic carbocycles. The van der Waals surface area contributed by atoms with Crippen molar-refractivity contribution in [3.05, 3.63) is 58.1 Å². The molecule has 0 aliphatic rings. The third-order valence-electron chi connectivity index (χ3n) is 3.86. The van der Waals surface area contributed by atoms with Crippen LogP contribution in [0.4, 0.5) is 11.4 Å². The van der Waals surface area contributed by atoms with Crippen LogP contribution in [0.5, 0.6) is 5.75 Å². The standard InChI is InChI=1S/C18H21N3O6S/c1-4-27-17-9-8-16(10-13(17)2)28(25,26)20(3)12-18(22)19-14-6-5-7-15(11-14)21(23)24/h5-11H,4,12H2,1-3H3,(H,19,22). The predicted octanol–water partition coefficient (Wildman–Crippen LogP) is 2.56. The number of non-ortho nitro benzene ring substituents is 1. The Bertz CT molecular complexity index is 991. The summed E-state index contributed by atoms with van der Waals surface area (Å²) in [4.78, 5) is 22.4. The van der Waals surface area contributed by atoms with Crippen LogP contribution in [0.2, 0.25) is 0 Å². The van der Waals surface area contributed by atoms with Crippen molar-refractivity contribution >= 4 is 27.3 Å². The molecule has 10 heteroatoms. The molecular weight excluding hydrogens is 386 g/mol. The Morgan fingerprint density at radius 2 is 1.96 bits per heavy atom. The molecule has 0 aliphatic carbocycles. The second-order valence-electron chi connectivity index (χ2n) is 5.98. The molecule has 2 rings (SSSR count). The fourth-order valence-corrected chi connectivity index (χ4v) is 3.68. The molecule has 28 heavy (non-hydrogen) atoms. The Hall–Kier alpha value is -2.98. The smallest absolute Gasteiger partial charge is 0.271 e. The van der Waals surface area contributed by atoms with Gasteiger partial charge in [0.15, 0.2) is 0 Å². The number of sulfonamides is 1. The molecule has 0 bridgehead atoms. The number of hydrogen-bond donors (Lipinski definition) is 1. The summed E-state index contributed by atoms with van der Waals surface area (Å²) < 4.78 is 31.7. The van der Waals surface area contributed by atoms with Gasteiger partial charge in [-0.15, -0.1) is 0 Å². The Balaban J connectivity index is 2.11. The van der Waals surface area contributed by atoms with Crippen molar-refractivity contribution in [3.63, 3.8) is 0 Å². The molecule has 0 spiro atoms. The van der Waals surface area contributed by atoms with Gasteiger partial charge >= 0.3 is 0 Å². The van der Waals surface area contributed by atoms with Gasteiger partial charge < -0.3 is 10.1 Å². The highest BCUT2D eigenvalue weighted by molar-refractivity contribution is 7.89. The van der Waals surface area contributed by atoms with Crippen molar-refractivity contribution < 1.29 is 22.9 Å². The fourth-order valence-electron chi connectivity index (χ4n) is 2.46. The number of anilines is 1. The normalized spacial score (nSPS) is 11.3. The molecule has 0 unspecified atom stereocenters. The van der Waals surface area contributed by atoms with Gasteiger partial charge in [-0.05, 0) is 43.7 Å². The molecule has 2 aromatic rings. The Morgan fingerprint density at radius 1 is 1.25 bits per heavy atom. The molecular formula is C18H21N3O6S. The number of hydrogen-bond acceptors (Lipinski definition) is 6. The third kappa shape index (κ3) is 5.05. The Morgan fingerprint density at radius 3 is 2.57 bits per heavy atom. The molecule has 0 aliphatic heterocycles. The predicted molar refractivity (Wildman–Crippen MR) is 104 cm³/mol. The van der Waals surface area contributed by atoms with Crippen molar-refractivity contribution in [2.24, 2.45) is 0 Å². The third-order valence-corrected chi connectivity index (χ3v) is 5.66. The number of carbonyl (C=O) groups is 1. The quantitative estimate of drug-likeness (QED) is 0.531. The van der Waals surface area contributed by atoms with Gasteiger partial charge in [0.1, 0.15) is 5.75 Å². The van der Waals surface area contributed by atoms with Gasteiger partial charge in [0.25, 0.3) is 5.69 Å². The van der Waals surface area contributed by atoms with Crippen LogP contribution in [0.3, 0.4) is 0 Å². The van der Waals surface area contributed by atoms with Gasteiger partial charge in [0, 0.05) is 24.9 Å². The number of carbonyl (C=O) groups excluding carboxylic acids is 1. The first-order valence-electron chi connectivity index (χ1n) is 8.39. The van der Waals surface area contributed by atoms with Crippen LogP contribution in [-0.4, -0.2) is 43.8 Å². The maximum atomic E-state index is 12.7. The summed E-state index contributed by atoms with van der Waals surface area (Å²) in [5.41, 5.74) is 0.697. The van der Waals surface area contributed by atoms with Gasteiger partial charge in [-0.25, -0.2) is 8.42 Å². The first-order valence-corrected chi connectivity index (χ1v) is 9.83. The topological polar surface area (TPSA) is 119 Å². The zero-order valence-corrected chi connectivity index (χ0v) is 16.5. The average Bonchev–Trinajstić information content (AvgIpc) is 2.63. The first kappa shape index (κ1) is 21.3. The molecule has 0 saturated carbocycles. The van der Waals surface area contributed by atoms with Gasteiger partial charge in [-0.2, -0.15) is 4.31 Å². The van der Waals surface area contributed by atoms with Gasteiger partial charge in [0.05, 0.1) is 23.0 Å². The monoisotopic (exact) mass is 407 g/mol. The van der Waals surface area contributed by atoms with Crippen LogP contribution in [0, 0.1) is 17.0 Å². The van der Waals surface area contributed by atoms with E-state index in [1.165, 1.54) is 43.4 Å². The van der Waals surface area contributed by atoms with E-state index in [0.717, 1.165) is 4.31 Å². The highest BCUT2D eigenvalue weighted by Crippen LogP contribution is 2.24. The summed E-state index contributed by atoms with van der Waals surface area (Å²) in [5.74, 6) is -0.0262. The summed E-state index contributed by atoms with van der Waals surface area (Å²) in [6.07, 6.45) is 0. The van der Waals surface area contributed by atoms with E-state index >= 15 is 0 Å². The van der Waals surface area contributed by atoms with Crippen LogP contribution >= 0.6 is 0 Å². The van der Waals surface area contributed by atoms with E-state index in [2.05, 4.69) is 5.32 Å². The van der Waals surface area contributed by atoms with Crippen LogP contribution in [0.15, 0.2) is 47.4 Å². The summed E-state index contributed by atoms with van der Waals surface area (Å²) >= 11 is 0. The van der Waals surface area contributed by atoms with Gasteiger partial charge in [0.2, 0.25) is 15.9 Å². The largest absolute Gasteiger partial charge is 0.494 e. The molecule has 0 saturated heterocycles. The maximum absolute atomic E-state index is 12.7. The molecule has 0 aromatic heterocycles. The van der Waals surface area contributed by atoms with E-state index in [1.807, 2.05) is 6.92 Å². The van der Waals surface area contributed by atoms with E-state index in [9.17, 15) is 23.3 Å². The number of benzene rings is 2. The second-order valence-corrected chi connectivity index (χ2v) is 8.02. The zero-order chi connectivity index (χ0) is 20.9. The lowest BCUT2D eigenvalue weighted by Gasteiger charge is -2.18. The van der Waals surface area contributed by atoms with Crippen molar-refractivity contribution in [2.75, 3.05) is 25.5 Å². The van der Waals surface area contributed by atoms with E-state index < -0.39 is 27.4 Å². The maximum Gasteiger partial charge on any atom is 0.271 e. The zero-order valence-electron chi connectivity index (χ0n) is 15.7. The minimum absolute atomic E-state index is 0.0408. The van der Waals surface area contributed by atoms with E-state index in [1.54, 1.807) is 13.0 Å². The number of rotatable bonds is 8. The Labute approximate surface area is 163 Å². The van der Waals surface area contributed by atoms with E-state index in [-0.39, 0.29) is 16.3 Å². The summed E-state index contributed by atoms with van der Waals surface area (Å²) in [5, 5.41) is 13.3. The minimum atomic E-state index is -3.89. The molecule has 0 atom stereocenters. The molecule has 0 fully saturated rings. The van der Waals surface area contributed by atoms with Crippen molar-refractivity contribution in [2.45, 2.75) is 18.7 Å². The lowest BCUT2D eigenvalue weighted by Crippen LogP contribution is -2.35. The second kappa shape index (κ2) is 8.81. The highest BCUT2D eigenvalue weighted by atomic mass is 32.2. The first-order chi connectivity index (χ1) is 13.1. The summed E-state index contributed by atoms with van der Waals surface area (Å²) in [7, 11) is -2.61. The molecule has 150 valence electrons. The number of aryl methyl sites for hydroxylation is 1. The number of nitro groups is 1. The van der Waals surface area contributed by atoms with Crippen LogP contribution < -0.4 is 10.1 Å². The number of nitrogens with one attached hydrogen (secondary N) is 1. The van der Waals surface area contributed by atoms with Gasteiger partial charge in [-0.1, -0.05) is 6.07 Å². The number of nitro benzene ring substituents is 1. The number of ether oxygens (including phenoxy) is 1. The Kier molecular flexibility index (Phi) is 6.71. The van der Waals surface area contributed by atoms with Crippen molar-refractivity contribution in [1.29, 1.82) is 0 Å². The molecule has 0 heterocycles. The number of amides is 1. The van der Waals surface area contributed by atoms with Crippen LogP contribution in [0.25, 0.3) is 0 Å².